The van der Waals surface area contributed by atoms with Crippen molar-refractivity contribution in [1.29, 1.82) is 0 Å². The van der Waals surface area contributed by atoms with Crippen molar-refractivity contribution in [2.75, 3.05) is 13.7 Å². The summed E-state index contributed by atoms with van der Waals surface area (Å²) in [5, 5.41) is 3.16. The van der Waals surface area contributed by atoms with E-state index in [2.05, 4.69) is 33.4 Å². The second-order valence-corrected chi connectivity index (χ2v) is 10.4. The number of hydrogen-bond donors (Lipinski definition) is 1. The highest BCUT2D eigenvalue weighted by Gasteiger charge is 2.57. The van der Waals surface area contributed by atoms with Crippen LogP contribution in [-0.4, -0.2) is 23.9 Å². The van der Waals surface area contributed by atoms with Crippen molar-refractivity contribution in [2.45, 2.75) is 55.7 Å². The van der Waals surface area contributed by atoms with Crippen LogP contribution in [-0.2, 0) is 11.2 Å². The summed E-state index contributed by atoms with van der Waals surface area (Å²) >= 11 is 4.04. The van der Waals surface area contributed by atoms with Gasteiger partial charge in [-0.05, 0) is 79.9 Å². The van der Waals surface area contributed by atoms with Crippen molar-refractivity contribution in [1.82, 2.24) is 5.32 Å². The predicted molar refractivity (Wildman–Crippen MR) is 103 cm³/mol. The SMILES string of the molecule is COc1ccc(CCNC(=O)CC23CC4CC(CC(Br)(C4)C2)C3)cc1. The number of alkyl halides is 1. The van der Waals surface area contributed by atoms with Crippen molar-refractivity contribution in [3.8, 4) is 5.75 Å². The molecule has 2 atom stereocenters. The van der Waals surface area contributed by atoms with Crippen LogP contribution >= 0.6 is 15.9 Å². The lowest BCUT2D eigenvalue weighted by atomic mass is 9.48. The topological polar surface area (TPSA) is 38.3 Å². The molecule has 1 aromatic carbocycles. The van der Waals surface area contributed by atoms with Crippen LogP contribution in [0.4, 0.5) is 0 Å². The summed E-state index contributed by atoms with van der Waals surface area (Å²) in [5.41, 5.74) is 1.49. The maximum absolute atomic E-state index is 12.6. The molecule has 4 bridgehead atoms. The van der Waals surface area contributed by atoms with Gasteiger partial charge in [0, 0.05) is 17.3 Å². The summed E-state index contributed by atoms with van der Waals surface area (Å²) in [5.74, 6) is 2.80. The summed E-state index contributed by atoms with van der Waals surface area (Å²) in [4.78, 5) is 12.6. The van der Waals surface area contributed by atoms with Gasteiger partial charge in [0.15, 0.2) is 0 Å². The second kappa shape index (κ2) is 6.61. The summed E-state index contributed by atoms with van der Waals surface area (Å²) < 4.78 is 5.51. The molecule has 0 aromatic heterocycles. The van der Waals surface area contributed by atoms with E-state index in [9.17, 15) is 4.79 Å². The monoisotopic (exact) mass is 405 g/mol. The van der Waals surface area contributed by atoms with Crippen molar-refractivity contribution in [3.63, 3.8) is 0 Å². The molecule has 0 aliphatic heterocycles. The van der Waals surface area contributed by atoms with Crippen LogP contribution in [0.5, 0.6) is 5.75 Å². The molecule has 4 fully saturated rings. The molecule has 3 nitrogen and oxygen atoms in total. The molecule has 1 aromatic rings. The molecule has 2 unspecified atom stereocenters. The fourth-order valence-corrected chi connectivity index (χ4v) is 7.59. The van der Waals surface area contributed by atoms with Gasteiger partial charge in [-0.1, -0.05) is 28.1 Å². The van der Waals surface area contributed by atoms with Crippen LogP contribution in [0.2, 0.25) is 0 Å². The number of halogens is 1. The van der Waals surface area contributed by atoms with E-state index >= 15 is 0 Å². The number of carbonyl (C=O) groups excluding carboxylic acids is 1. The minimum absolute atomic E-state index is 0.242. The number of carbonyl (C=O) groups is 1. The van der Waals surface area contributed by atoms with E-state index in [4.69, 9.17) is 4.74 Å². The molecule has 136 valence electrons. The molecule has 1 N–H and O–H groups in total. The molecular weight excluding hydrogens is 378 g/mol. The summed E-state index contributed by atoms with van der Waals surface area (Å²) in [6.07, 6.45) is 9.36. The Balaban J connectivity index is 1.29. The Hall–Kier alpha value is -1.03. The van der Waals surface area contributed by atoms with Gasteiger partial charge < -0.3 is 10.1 Å². The van der Waals surface area contributed by atoms with Gasteiger partial charge >= 0.3 is 0 Å². The summed E-state index contributed by atoms with van der Waals surface area (Å²) in [6, 6.07) is 8.08. The minimum Gasteiger partial charge on any atom is -0.497 e. The van der Waals surface area contributed by atoms with E-state index in [0.717, 1.165) is 30.4 Å². The minimum atomic E-state index is 0.242. The van der Waals surface area contributed by atoms with Gasteiger partial charge in [0.25, 0.3) is 0 Å². The van der Waals surface area contributed by atoms with Crippen LogP contribution in [0.1, 0.15) is 50.5 Å². The normalized spacial score (nSPS) is 35.6. The van der Waals surface area contributed by atoms with Crippen LogP contribution in [0, 0.1) is 17.3 Å². The van der Waals surface area contributed by atoms with Gasteiger partial charge in [0.2, 0.25) is 5.91 Å². The molecule has 25 heavy (non-hydrogen) atoms. The first kappa shape index (κ1) is 17.4. The van der Waals surface area contributed by atoms with E-state index in [1.165, 1.54) is 44.1 Å². The summed E-state index contributed by atoms with van der Waals surface area (Å²) in [7, 11) is 1.68. The molecule has 0 spiro atoms. The molecule has 4 heteroatoms. The zero-order valence-corrected chi connectivity index (χ0v) is 16.6. The number of hydrogen-bond acceptors (Lipinski definition) is 2. The third-order valence-electron chi connectivity index (χ3n) is 6.54. The highest BCUT2D eigenvalue weighted by Crippen LogP contribution is 2.65. The number of amides is 1. The van der Waals surface area contributed by atoms with E-state index in [0.29, 0.717) is 10.9 Å². The largest absolute Gasteiger partial charge is 0.497 e. The van der Waals surface area contributed by atoms with Crippen molar-refractivity contribution < 1.29 is 9.53 Å². The highest BCUT2D eigenvalue weighted by molar-refractivity contribution is 9.10. The maximum atomic E-state index is 12.6. The number of nitrogens with one attached hydrogen (secondary N) is 1. The fourth-order valence-electron chi connectivity index (χ4n) is 6.08. The molecule has 4 saturated carbocycles. The Morgan fingerprint density at radius 1 is 1.20 bits per heavy atom. The summed E-state index contributed by atoms with van der Waals surface area (Å²) in [6.45, 7) is 0.716. The standard InChI is InChI=1S/C21H28BrNO2/c1-25-18-4-2-15(3-5-18)6-7-23-19(24)13-20-9-16-8-17(10-20)12-21(22,11-16)14-20/h2-5,16-17H,6-14H2,1H3,(H,23,24). The molecule has 0 heterocycles. The van der Waals surface area contributed by atoms with E-state index in [1.807, 2.05) is 12.1 Å². The molecule has 4 aliphatic carbocycles. The van der Waals surface area contributed by atoms with Crippen LogP contribution in [0.25, 0.3) is 0 Å². The zero-order valence-electron chi connectivity index (χ0n) is 15.0. The molecule has 4 aliphatic rings. The number of ether oxygens (including phenoxy) is 1. The number of methoxy groups -OCH3 is 1. The van der Waals surface area contributed by atoms with Crippen molar-refractivity contribution in [2.24, 2.45) is 17.3 Å². The molecule has 0 saturated heterocycles. The van der Waals surface area contributed by atoms with Gasteiger partial charge in [0.1, 0.15) is 5.75 Å². The maximum Gasteiger partial charge on any atom is 0.220 e. The van der Waals surface area contributed by atoms with E-state index < -0.39 is 0 Å². The van der Waals surface area contributed by atoms with Gasteiger partial charge in [-0.15, -0.1) is 0 Å². The Morgan fingerprint density at radius 2 is 1.88 bits per heavy atom. The van der Waals surface area contributed by atoms with E-state index in [-0.39, 0.29) is 11.3 Å². The molecule has 1 amide bonds. The molecular formula is C21H28BrNO2. The lowest BCUT2D eigenvalue weighted by Gasteiger charge is -2.60. The Morgan fingerprint density at radius 3 is 2.48 bits per heavy atom. The second-order valence-electron chi connectivity index (χ2n) is 8.74. The van der Waals surface area contributed by atoms with Crippen LogP contribution < -0.4 is 10.1 Å². The lowest BCUT2D eigenvalue weighted by Crippen LogP contribution is -2.54. The van der Waals surface area contributed by atoms with Gasteiger partial charge in [0.05, 0.1) is 7.11 Å². The van der Waals surface area contributed by atoms with Gasteiger partial charge in [-0.2, -0.15) is 0 Å². The Bertz CT molecular complexity index is 628. The third kappa shape index (κ3) is 3.74. The predicted octanol–water partition coefficient (Wildman–Crippen LogP) is 4.48. The Labute approximate surface area is 159 Å². The number of rotatable bonds is 6. The highest BCUT2D eigenvalue weighted by atomic mass is 79.9. The Kier molecular flexibility index (Phi) is 4.59. The van der Waals surface area contributed by atoms with Crippen LogP contribution in [0.15, 0.2) is 24.3 Å². The van der Waals surface area contributed by atoms with Crippen molar-refractivity contribution in [3.05, 3.63) is 29.8 Å². The molecule has 5 rings (SSSR count). The smallest absolute Gasteiger partial charge is 0.220 e. The van der Waals surface area contributed by atoms with Gasteiger partial charge in [-0.25, -0.2) is 0 Å². The molecule has 0 radical (unpaired) electrons. The van der Waals surface area contributed by atoms with E-state index in [1.54, 1.807) is 7.11 Å². The third-order valence-corrected chi connectivity index (χ3v) is 7.47. The average molecular weight is 406 g/mol. The first-order valence-electron chi connectivity index (χ1n) is 9.56. The lowest BCUT2D eigenvalue weighted by molar-refractivity contribution is -0.128. The average Bonchev–Trinajstić information content (AvgIpc) is 2.52. The first-order chi connectivity index (χ1) is 12.0. The zero-order chi connectivity index (χ0) is 17.5. The quantitative estimate of drug-likeness (QED) is 0.708. The first-order valence-corrected chi connectivity index (χ1v) is 10.4. The van der Waals surface area contributed by atoms with Crippen LogP contribution in [0.3, 0.4) is 0 Å². The number of benzene rings is 1. The fraction of sp³-hybridized carbons (Fsp3) is 0.667. The van der Waals surface area contributed by atoms with Gasteiger partial charge in [-0.3, -0.25) is 4.79 Å². The van der Waals surface area contributed by atoms with Crippen molar-refractivity contribution >= 4 is 21.8 Å².